The molecule has 2 atom stereocenters. The standard InChI is InChI=1S/C28H35NO6/c1-2-32-13-14-33-12-11-28(31)15-20-17-34-18-21(16-28)29(20)27(30)35-19-26-24-9-5-3-7-22(24)23-8-4-6-10-25(23)26/h3-10,20-21,26,31H,2,11-19H2,1H3. The van der Waals surface area contributed by atoms with Crippen molar-refractivity contribution >= 4 is 6.09 Å². The topological polar surface area (TPSA) is 77.5 Å². The predicted octanol–water partition coefficient (Wildman–Crippen LogP) is 3.97. The predicted molar refractivity (Wildman–Crippen MR) is 131 cm³/mol. The number of nitrogens with zero attached hydrogens (tertiary/aromatic N) is 1. The van der Waals surface area contributed by atoms with E-state index in [1.165, 1.54) is 22.3 Å². The van der Waals surface area contributed by atoms with Crippen molar-refractivity contribution in [3.63, 3.8) is 0 Å². The van der Waals surface area contributed by atoms with Crippen LogP contribution in [0.2, 0.25) is 0 Å². The van der Waals surface area contributed by atoms with Crippen LogP contribution in [-0.4, -0.2) is 80.0 Å². The van der Waals surface area contributed by atoms with Crippen molar-refractivity contribution in [3.8, 4) is 11.1 Å². The third-order valence-corrected chi connectivity index (χ3v) is 7.47. The van der Waals surface area contributed by atoms with Gasteiger partial charge >= 0.3 is 6.09 Å². The molecule has 7 nitrogen and oxygen atoms in total. The van der Waals surface area contributed by atoms with E-state index in [9.17, 15) is 9.90 Å². The Morgan fingerprint density at radius 2 is 1.57 bits per heavy atom. The number of piperidine rings is 1. The highest BCUT2D eigenvalue weighted by Gasteiger charge is 2.48. The number of amides is 1. The highest BCUT2D eigenvalue weighted by atomic mass is 16.6. The smallest absolute Gasteiger partial charge is 0.410 e. The first-order valence-corrected chi connectivity index (χ1v) is 12.7. The van der Waals surface area contributed by atoms with Crippen LogP contribution < -0.4 is 0 Å². The van der Waals surface area contributed by atoms with Gasteiger partial charge in [-0.1, -0.05) is 48.5 Å². The molecule has 0 saturated carbocycles. The third-order valence-electron chi connectivity index (χ3n) is 7.47. The number of hydrogen-bond donors (Lipinski definition) is 1. The number of rotatable bonds is 9. The van der Waals surface area contributed by atoms with Gasteiger partial charge in [0.05, 0.1) is 44.1 Å². The van der Waals surface area contributed by atoms with Crippen LogP contribution in [0.15, 0.2) is 48.5 Å². The van der Waals surface area contributed by atoms with Gasteiger partial charge in [0.15, 0.2) is 0 Å². The van der Waals surface area contributed by atoms with Gasteiger partial charge in [-0.05, 0) is 48.4 Å². The summed E-state index contributed by atoms with van der Waals surface area (Å²) in [4.78, 5) is 15.1. The van der Waals surface area contributed by atoms with E-state index in [1.54, 1.807) is 4.90 Å². The molecule has 0 spiro atoms. The van der Waals surface area contributed by atoms with Crippen molar-refractivity contribution in [3.05, 3.63) is 59.7 Å². The monoisotopic (exact) mass is 481 g/mol. The summed E-state index contributed by atoms with van der Waals surface area (Å²) in [6, 6.07) is 16.3. The molecule has 2 heterocycles. The molecule has 2 aromatic carbocycles. The van der Waals surface area contributed by atoms with Crippen LogP contribution in [0.5, 0.6) is 0 Å². The molecule has 1 aliphatic carbocycles. The van der Waals surface area contributed by atoms with Crippen LogP contribution in [0.25, 0.3) is 11.1 Å². The van der Waals surface area contributed by atoms with Crippen molar-refractivity contribution in [2.45, 2.75) is 49.8 Å². The molecule has 2 unspecified atom stereocenters. The Hall–Kier alpha value is -2.45. The minimum absolute atomic E-state index is 0.0259. The maximum absolute atomic E-state index is 13.3. The SMILES string of the molecule is CCOCCOCCC1(O)CC2COCC(C1)N2C(=O)OCC1c2ccccc2-c2ccccc21. The Balaban J connectivity index is 1.20. The van der Waals surface area contributed by atoms with Crippen LogP contribution in [-0.2, 0) is 18.9 Å². The number of benzene rings is 2. The number of ether oxygens (including phenoxy) is 4. The number of hydrogen-bond acceptors (Lipinski definition) is 6. The van der Waals surface area contributed by atoms with Gasteiger partial charge in [-0.2, -0.15) is 0 Å². The number of carbonyl (C=O) groups is 1. The first kappa shape index (κ1) is 24.3. The van der Waals surface area contributed by atoms with Gasteiger partial charge < -0.3 is 24.1 Å². The molecule has 3 aliphatic rings. The lowest BCUT2D eigenvalue weighted by atomic mass is 9.79. The molecule has 7 heteroatoms. The zero-order valence-corrected chi connectivity index (χ0v) is 20.4. The molecular formula is C28H35NO6. The van der Waals surface area contributed by atoms with Gasteiger partial charge in [-0.15, -0.1) is 0 Å². The molecule has 35 heavy (non-hydrogen) atoms. The van der Waals surface area contributed by atoms with Crippen molar-refractivity contribution in [1.82, 2.24) is 4.90 Å². The van der Waals surface area contributed by atoms with E-state index >= 15 is 0 Å². The molecular weight excluding hydrogens is 446 g/mol. The van der Waals surface area contributed by atoms with Crippen molar-refractivity contribution in [2.24, 2.45) is 0 Å². The Morgan fingerprint density at radius 1 is 0.971 bits per heavy atom. The van der Waals surface area contributed by atoms with Gasteiger partial charge in [0, 0.05) is 19.1 Å². The number of aliphatic hydroxyl groups is 1. The molecule has 2 aliphatic heterocycles. The second-order valence-corrected chi connectivity index (χ2v) is 9.75. The number of morpholine rings is 1. The Kier molecular flexibility index (Phi) is 7.39. The largest absolute Gasteiger partial charge is 0.448 e. The number of carbonyl (C=O) groups excluding carboxylic acids is 1. The fraction of sp³-hybridized carbons (Fsp3) is 0.536. The summed E-state index contributed by atoms with van der Waals surface area (Å²) in [6.45, 7) is 5.28. The van der Waals surface area contributed by atoms with Gasteiger partial charge in [-0.25, -0.2) is 4.79 Å². The van der Waals surface area contributed by atoms with Gasteiger partial charge in [0.1, 0.15) is 6.61 Å². The lowest BCUT2D eigenvalue weighted by Gasteiger charge is -2.50. The summed E-state index contributed by atoms with van der Waals surface area (Å²) in [6.07, 6.45) is 1.13. The third kappa shape index (κ3) is 5.09. The maximum Gasteiger partial charge on any atom is 0.410 e. The van der Waals surface area contributed by atoms with Crippen molar-refractivity contribution in [1.29, 1.82) is 0 Å². The lowest BCUT2D eigenvalue weighted by molar-refractivity contribution is -0.140. The normalized spacial score (nSPS) is 25.3. The highest BCUT2D eigenvalue weighted by Crippen LogP contribution is 2.45. The first-order chi connectivity index (χ1) is 17.1. The lowest BCUT2D eigenvalue weighted by Crippen LogP contribution is -2.63. The Morgan fingerprint density at radius 3 is 2.20 bits per heavy atom. The van der Waals surface area contributed by atoms with E-state index in [0.29, 0.717) is 65.5 Å². The molecule has 0 aromatic heterocycles. The summed E-state index contributed by atoms with van der Waals surface area (Å²) in [5.74, 6) is 0.0259. The maximum atomic E-state index is 13.3. The molecule has 2 fully saturated rings. The van der Waals surface area contributed by atoms with E-state index in [2.05, 4.69) is 24.3 Å². The van der Waals surface area contributed by atoms with Crippen LogP contribution in [0.1, 0.15) is 43.2 Å². The summed E-state index contributed by atoms with van der Waals surface area (Å²) in [7, 11) is 0. The zero-order chi connectivity index (χ0) is 24.3. The van der Waals surface area contributed by atoms with E-state index in [0.717, 1.165) is 0 Å². The minimum atomic E-state index is -0.870. The minimum Gasteiger partial charge on any atom is -0.448 e. The summed E-state index contributed by atoms with van der Waals surface area (Å²) < 4.78 is 22.6. The molecule has 1 amide bonds. The highest BCUT2D eigenvalue weighted by molar-refractivity contribution is 5.79. The van der Waals surface area contributed by atoms with Crippen LogP contribution >= 0.6 is 0 Å². The van der Waals surface area contributed by atoms with Gasteiger partial charge in [-0.3, -0.25) is 4.90 Å². The average molecular weight is 482 g/mol. The van der Waals surface area contributed by atoms with Crippen molar-refractivity contribution in [2.75, 3.05) is 46.2 Å². The molecule has 1 N–H and O–H groups in total. The van der Waals surface area contributed by atoms with Gasteiger partial charge in [0.25, 0.3) is 0 Å². The second kappa shape index (κ2) is 10.7. The van der Waals surface area contributed by atoms with Crippen LogP contribution in [0.4, 0.5) is 4.79 Å². The first-order valence-electron chi connectivity index (χ1n) is 12.7. The second-order valence-electron chi connectivity index (χ2n) is 9.75. The Bertz CT molecular complexity index is 967. The number of fused-ring (bicyclic) bond motifs is 5. The molecule has 2 aromatic rings. The quantitative estimate of drug-likeness (QED) is 0.546. The zero-order valence-electron chi connectivity index (χ0n) is 20.4. The van der Waals surface area contributed by atoms with Gasteiger partial charge in [0.2, 0.25) is 0 Å². The molecule has 5 rings (SSSR count). The fourth-order valence-electron chi connectivity index (χ4n) is 5.87. The van der Waals surface area contributed by atoms with E-state index in [1.807, 2.05) is 31.2 Å². The molecule has 0 radical (unpaired) electrons. The summed E-state index contributed by atoms with van der Waals surface area (Å²) in [5, 5.41) is 11.3. The van der Waals surface area contributed by atoms with Crippen LogP contribution in [0, 0.1) is 0 Å². The molecule has 2 bridgehead atoms. The van der Waals surface area contributed by atoms with E-state index < -0.39 is 5.60 Å². The Labute approximate surface area is 206 Å². The van der Waals surface area contributed by atoms with E-state index in [4.69, 9.17) is 18.9 Å². The summed E-state index contributed by atoms with van der Waals surface area (Å²) in [5.41, 5.74) is 3.94. The van der Waals surface area contributed by atoms with Crippen molar-refractivity contribution < 1.29 is 28.8 Å². The molecule has 2 saturated heterocycles. The van der Waals surface area contributed by atoms with Crippen LogP contribution in [0.3, 0.4) is 0 Å². The average Bonchev–Trinajstić information content (AvgIpc) is 3.18. The summed E-state index contributed by atoms with van der Waals surface area (Å²) >= 11 is 0. The van der Waals surface area contributed by atoms with E-state index in [-0.39, 0.29) is 24.1 Å². The fourth-order valence-corrected chi connectivity index (χ4v) is 5.87. The molecule has 188 valence electrons.